The molecule has 0 bridgehead atoms. The molecule has 1 unspecified atom stereocenters. The quantitative estimate of drug-likeness (QED) is 0.638. The van der Waals surface area contributed by atoms with Crippen molar-refractivity contribution in [3.8, 4) is 0 Å². The van der Waals surface area contributed by atoms with Gasteiger partial charge in [0.15, 0.2) is 0 Å². The zero-order chi connectivity index (χ0) is 11.3. The van der Waals surface area contributed by atoms with Crippen LogP contribution in [0.15, 0.2) is 0 Å². The van der Waals surface area contributed by atoms with Crippen LogP contribution in [0.5, 0.6) is 0 Å². The summed E-state index contributed by atoms with van der Waals surface area (Å²) in [5.41, 5.74) is 0. The van der Waals surface area contributed by atoms with E-state index in [0.29, 0.717) is 12.1 Å². The van der Waals surface area contributed by atoms with Crippen molar-refractivity contribution in [2.24, 2.45) is 0 Å². The van der Waals surface area contributed by atoms with E-state index in [1.165, 1.54) is 12.8 Å². The second kappa shape index (κ2) is 6.46. The van der Waals surface area contributed by atoms with Crippen molar-refractivity contribution >= 4 is 0 Å². The van der Waals surface area contributed by atoms with Crippen molar-refractivity contribution in [3.05, 3.63) is 0 Å². The second-order valence-corrected chi connectivity index (χ2v) is 4.75. The molecule has 1 aliphatic rings. The highest BCUT2D eigenvalue weighted by Gasteiger charge is 2.22. The van der Waals surface area contributed by atoms with Gasteiger partial charge in [-0.3, -0.25) is 0 Å². The van der Waals surface area contributed by atoms with Gasteiger partial charge in [0, 0.05) is 25.2 Å². The van der Waals surface area contributed by atoms with Crippen molar-refractivity contribution in [2.45, 2.75) is 57.7 Å². The zero-order valence-corrected chi connectivity index (χ0v) is 10.4. The van der Waals surface area contributed by atoms with E-state index in [2.05, 4.69) is 31.1 Å². The molecule has 0 radical (unpaired) electrons. The van der Waals surface area contributed by atoms with E-state index in [1.54, 1.807) is 0 Å². The monoisotopic (exact) mass is 214 g/mol. The topological polar surface area (TPSA) is 35.5 Å². The smallest absolute Gasteiger partial charge is 0.0791 e. The van der Waals surface area contributed by atoms with Crippen LogP contribution in [0.1, 0.15) is 39.5 Å². The van der Waals surface area contributed by atoms with Gasteiger partial charge >= 0.3 is 0 Å². The number of aliphatic hydroxyl groups excluding tert-OH is 1. The first kappa shape index (κ1) is 12.9. The van der Waals surface area contributed by atoms with Gasteiger partial charge in [-0.05, 0) is 32.7 Å². The predicted molar refractivity (Wildman–Crippen MR) is 64.0 cm³/mol. The van der Waals surface area contributed by atoms with E-state index in [4.69, 9.17) is 0 Å². The second-order valence-electron chi connectivity index (χ2n) is 4.75. The van der Waals surface area contributed by atoms with Crippen molar-refractivity contribution in [2.75, 3.05) is 20.1 Å². The van der Waals surface area contributed by atoms with Gasteiger partial charge in [-0.25, -0.2) is 0 Å². The summed E-state index contributed by atoms with van der Waals surface area (Å²) < 4.78 is 0. The normalized spacial score (nSPS) is 18.8. The Bertz CT molecular complexity index is 167. The molecule has 0 aliphatic heterocycles. The van der Waals surface area contributed by atoms with Crippen molar-refractivity contribution in [3.63, 3.8) is 0 Å². The van der Waals surface area contributed by atoms with Crippen LogP contribution in [0.3, 0.4) is 0 Å². The van der Waals surface area contributed by atoms with Crippen LogP contribution >= 0.6 is 0 Å². The lowest BCUT2D eigenvalue weighted by molar-refractivity contribution is 0.0998. The van der Waals surface area contributed by atoms with Gasteiger partial charge in [0.2, 0.25) is 0 Å². The first-order chi connectivity index (χ1) is 7.17. The molecule has 1 aliphatic carbocycles. The van der Waals surface area contributed by atoms with Gasteiger partial charge in [0.25, 0.3) is 0 Å². The Morgan fingerprint density at radius 3 is 2.40 bits per heavy atom. The lowest BCUT2D eigenvalue weighted by atomic mass is 10.1. The minimum Gasteiger partial charge on any atom is -0.390 e. The van der Waals surface area contributed by atoms with Gasteiger partial charge in [-0.15, -0.1) is 0 Å². The number of hydrogen-bond donors (Lipinski definition) is 2. The van der Waals surface area contributed by atoms with Crippen molar-refractivity contribution in [1.82, 2.24) is 10.2 Å². The molecule has 2 N–H and O–H groups in total. The van der Waals surface area contributed by atoms with Crippen molar-refractivity contribution in [1.29, 1.82) is 0 Å². The maximum atomic E-state index is 9.83. The lowest BCUT2D eigenvalue weighted by Gasteiger charge is -2.28. The molecule has 3 nitrogen and oxygen atoms in total. The molecule has 0 aromatic heterocycles. The van der Waals surface area contributed by atoms with Crippen LogP contribution in [0, 0.1) is 0 Å². The number of nitrogens with one attached hydrogen (secondary N) is 1. The third-order valence-corrected chi connectivity index (χ3v) is 3.28. The molecule has 1 fully saturated rings. The maximum Gasteiger partial charge on any atom is 0.0791 e. The molecule has 0 aromatic carbocycles. The maximum absolute atomic E-state index is 9.83. The molecule has 1 atom stereocenters. The minimum absolute atomic E-state index is 0.226. The van der Waals surface area contributed by atoms with Gasteiger partial charge in [-0.2, -0.15) is 0 Å². The van der Waals surface area contributed by atoms with E-state index in [1.807, 2.05) is 0 Å². The van der Waals surface area contributed by atoms with E-state index in [-0.39, 0.29) is 6.10 Å². The number of likely N-dealkylation sites (N-methyl/N-ethyl adjacent to an activating group) is 1. The molecule has 90 valence electrons. The predicted octanol–water partition coefficient (Wildman–Crippen LogP) is 1.22. The standard InChI is InChI=1S/C12H26N2O/c1-4-11(5-2)14(3)9-12(15)8-13-10-6-7-10/h10-13,15H,4-9H2,1-3H3. The molecule has 0 spiro atoms. The third-order valence-electron chi connectivity index (χ3n) is 3.28. The molecular formula is C12H26N2O. The summed E-state index contributed by atoms with van der Waals surface area (Å²) in [4.78, 5) is 2.28. The molecule has 1 saturated carbocycles. The molecule has 3 heteroatoms. The number of nitrogens with zero attached hydrogens (tertiary/aromatic N) is 1. The van der Waals surface area contributed by atoms with E-state index < -0.39 is 0 Å². The van der Waals surface area contributed by atoms with Gasteiger partial charge in [0.05, 0.1) is 6.10 Å². The Balaban J connectivity index is 2.13. The Morgan fingerprint density at radius 1 is 1.33 bits per heavy atom. The minimum atomic E-state index is -0.226. The van der Waals surface area contributed by atoms with Crippen molar-refractivity contribution < 1.29 is 5.11 Å². The number of rotatable bonds is 8. The first-order valence-corrected chi connectivity index (χ1v) is 6.29. The molecule has 1 rings (SSSR count). The Labute approximate surface area is 93.9 Å². The highest BCUT2D eigenvalue weighted by Crippen LogP contribution is 2.18. The fraction of sp³-hybridized carbons (Fsp3) is 1.00. The summed E-state index contributed by atoms with van der Waals surface area (Å²) in [6.45, 7) is 5.94. The molecular weight excluding hydrogens is 188 g/mol. The van der Waals surface area contributed by atoms with Crippen LogP contribution in [0.25, 0.3) is 0 Å². The Kier molecular flexibility index (Phi) is 5.58. The fourth-order valence-electron chi connectivity index (χ4n) is 2.05. The summed E-state index contributed by atoms with van der Waals surface area (Å²) in [5, 5.41) is 13.2. The largest absolute Gasteiger partial charge is 0.390 e. The summed E-state index contributed by atoms with van der Waals surface area (Å²) >= 11 is 0. The molecule has 0 aromatic rings. The summed E-state index contributed by atoms with van der Waals surface area (Å²) in [7, 11) is 2.11. The molecule has 15 heavy (non-hydrogen) atoms. The fourth-order valence-corrected chi connectivity index (χ4v) is 2.05. The van der Waals surface area contributed by atoms with E-state index in [0.717, 1.165) is 25.9 Å². The van der Waals surface area contributed by atoms with Crippen LogP contribution < -0.4 is 5.32 Å². The van der Waals surface area contributed by atoms with Crippen LogP contribution in [-0.2, 0) is 0 Å². The van der Waals surface area contributed by atoms with Gasteiger partial charge < -0.3 is 15.3 Å². The number of aliphatic hydroxyl groups is 1. The summed E-state index contributed by atoms with van der Waals surface area (Å²) in [6.07, 6.45) is 4.67. The zero-order valence-electron chi connectivity index (χ0n) is 10.4. The van der Waals surface area contributed by atoms with E-state index >= 15 is 0 Å². The first-order valence-electron chi connectivity index (χ1n) is 6.29. The SMILES string of the molecule is CCC(CC)N(C)CC(O)CNC1CC1. The van der Waals surface area contributed by atoms with Crippen LogP contribution in [0.2, 0.25) is 0 Å². The third kappa shape index (κ3) is 4.96. The molecule has 0 saturated heterocycles. The molecule has 0 amide bonds. The highest BCUT2D eigenvalue weighted by atomic mass is 16.3. The van der Waals surface area contributed by atoms with Gasteiger partial charge in [0.1, 0.15) is 0 Å². The van der Waals surface area contributed by atoms with Crippen LogP contribution in [0.4, 0.5) is 0 Å². The van der Waals surface area contributed by atoms with Gasteiger partial charge in [-0.1, -0.05) is 13.8 Å². The lowest BCUT2D eigenvalue weighted by Crippen LogP contribution is -2.41. The average Bonchev–Trinajstić information content (AvgIpc) is 3.00. The average molecular weight is 214 g/mol. The Hall–Kier alpha value is -0.120. The molecule has 0 heterocycles. The summed E-state index contributed by atoms with van der Waals surface area (Å²) in [5.74, 6) is 0. The highest BCUT2D eigenvalue weighted by molar-refractivity contribution is 4.82. The number of hydrogen-bond acceptors (Lipinski definition) is 3. The summed E-state index contributed by atoms with van der Waals surface area (Å²) in [6, 6.07) is 1.30. The van der Waals surface area contributed by atoms with Crippen LogP contribution in [-0.4, -0.2) is 48.3 Å². The Morgan fingerprint density at radius 2 is 1.93 bits per heavy atom. The van der Waals surface area contributed by atoms with E-state index in [9.17, 15) is 5.11 Å².